The number of nitrogens with one attached hydrogen (secondary N) is 2. The molecule has 2 N–H and O–H groups in total. The van der Waals surface area contributed by atoms with Crippen molar-refractivity contribution >= 4 is 27.3 Å². The van der Waals surface area contributed by atoms with E-state index >= 15 is 0 Å². The van der Waals surface area contributed by atoms with Crippen LogP contribution >= 0.6 is 0 Å². The van der Waals surface area contributed by atoms with Crippen LogP contribution in [0.5, 0.6) is 11.9 Å². The number of ether oxygens (including phenoxy) is 2. The van der Waals surface area contributed by atoms with Crippen molar-refractivity contribution in [3.8, 4) is 11.9 Å². The summed E-state index contributed by atoms with van der Waals surface area (Å²) in [5.41, 5.74) is 0.586. The lowest BCUT2D eigenvalue weighted by molar-refractivity contribution is 0.102. The number of aromatic nitrogens is 2. The maximum Gasteiger partial charge on any atom is 0.321 e. The Bertz CT molecular complexity index is 1120. The Morgan fingerprint density at radius 2 is 1.87 bits per heavy atom. The number of hydrogen-bond donors (Lipinski definition) is 2. The molecule has 0 aliphatic carbocycles. The smallest absolute Gasteiger partial charge is 0.321 e. The fourth-order valence-corrected chi connectivity index (χ4v) is 3.29. The number of carbonyl (C=O) groups is 1. The maximum atomic E-state index is 12.6. The van der Waals surface area contributed by atoms with E-state index in [0.29, 0.717) is 5.69 Å². The van der Waals surface area contributed by atoms with Crippen molar-refractivity contribution in [2.24, 2.45) is 0 Å². The summed E-state index contributed by atoms with van der Waals surface area (Å²) in [4.78, 5) is 19.7. The summed E-state index contributed by atoms with van der Waals surface area (Å²) in [6, 6.07) is 10.4. The number of nitrogens with zero attached hydrogens (tertiary/aromatic N) is 2. The fourth-order valence-electron chi connectivity index (χ4n) is 2.29. The van der Waals surface area contributed by atoms with Gasteiger partial charge in [0.25, 0.3) is 10.0 Å². The van der Waals surface area contributed by atoms with Gasteiger partial charge in [0, 0.05) is 24.0 Å². The molecule has 30 heavy (non-hydrogen) atoms. The van der Waals surface area contributed by atoms with Gasteiger partial charge in [-0.15, -0.1) is 0 Å². The van der Waals surface area contributed by atoms with Crippen LogP contribution in [0.2, 0.25) is 0 Å². The molecule has 156 valence electrons. The Morgan fingerprint density at radius 1 is 1.10 bits per heavy atom. The first kappa shape index (κ1) is 20.9. The summed E-state index contributed by atoms with van der Waals surface area (Å²) in [5, 5.41) is 2.88. The van der Waals surface area contributed by atoms with Gasteiger partial charge in [-0.05, 0) is 36.4 Å². The average molecular weight is 430 g/mol. The molecule has 1 aromatic carbocycles. The third kappa shape index (κ3) is 5.14. The van der Waals surface area contributed by atoms with E-state index in [-0.39, 0.29) is 34.1 Å². The van der Waals surface area contributed by atoms with Crippen molar-refractivity contribution in [1.29, 1.82) is 0 Å². The van der Waals surface area contributed by atoms with E-state index in [4.69, 9.17) is 13.9 Å². The summed E-state index contributed by atoms with van der Waals surface area (Å²) in [6.45, 7) is 0. The van der Waals surface area contributed by atoms with Gasteiger partial charge in [-0.1, -0.05) is 0 Å². The Hall–Kier alpha value is -3.86. The molecule has 0 bridgehead atoms. The number of hydrogen-bond acceptors (Lipinski definition) is 9. The van der Waals surface area contributed by atoms with E-state index in [9.17, 15) is 13.2 Å². The van der Waals surface area contributed by atoms with Crippen LogP contribution in [0, 0.1) is 0 Å². The maximum absolute atomic E-state index is 12.6. The van der Waals surface area contributed by atoms with Gasteiger partial charge in [0.1, 0.15) is 0 Å². The molecule has 0 unspecified atom stereocenters. The number of furan rings is 1. The van der Waals surface area contributed by atoms with Gasteiger partial charge in [0.2, 0.25) is 11.7 Å². The Balaban J connectivity index is 1.68. The normalized spacial score (nSPS) is 11.3. The van der Waals surface area contributed by atoms with Crippen LogP contribution in [0.4, 0.5) is 11.5 Å². The van der Waals surface area contributed by atoms with E-state index in [1.54, 1.807) is 24.3 Å². The molecule has 3 rings (SSSR count). The summed E-state index contributed by atoms with van der Waals surface area (Å²) < 4.78 is 42.5. The first-order chi connectivity index (χ1) is 14.4. The predicted octanol–water partition coefficient (Wildman–Crippen LogP) is 2.70. The number of methoxy groups -OCH3 is 2. The van der Waals surface area contributed by atoms with Crippen molar-refractivity contribution in [1.82, 2.24) is 9.97 Å². The number of anilines is 2. The third-order valence-corrected chi connectivity index (χ3v) is 5.10. The Labute approximate surface area is 172 Å². The van der Waals surface area contributed by atoms with Crippen LogP contribution < -0.4 is 19.5 Å². The molecule has 2 heterocycles. The van der Waals surface area contributed by atoms with Crippen LogP contribution in [-0.2, 0) is 10.0 Å². The molecule has 0 spiro atoms. The zero-order valence-electron chi connectivity index (χ0n) is 16.0. The van der Waals surface area contributed by atoms with Crippen LogP contribution in [0.15, 0.2) is 70.3 Å². The number of allylic oxidation sites excluding steroid dienone is 1. The topological polar surface area (TPSA) is 133 Å². The minimum Gasteiger partial charge on any atom is -0.481 e. The second-order valence-corrected chi connectivity index (χ2v) is 7.41. The van der Waals surface area contributed by atoms with Crippen LogP contribution in [0.1, 0.15) is 10.6 Å². The van der Waals surface area contributed by atoms with E-state index in [0.717, 1.165) is 0 Å². The first-order valence-corrected chi connectivity index (χ1v) is 10.0. The lowest BCUT2D eigenvalue weighted by atomic mass is 10.3. The van der Waals surface area contributed by atoms with Gasteiger partial charge < -0.3 is 19.2 Å². The van der Waals surface area contributed by atoms with E-state index in [1.165, 1.54) is 51.0 Å². The molecule has 0 aliphatic rings. The van der Waals surface area contributed by atoms with Gasteiger partial charge in [0.05, 0.1) is 25.4 Å². The van der Waals surface area contributed by atoms with Crippen LogP contribution in [-0.4, -0.2) is 38.4 Å². The molecular weight excluding hydrogens is 412 g/mol. The van der Waals surface area contributed by atoms with Gasteiger partial charge in [-0.25, -0.2) is 8.42 Å². The zero-order chi connectivity index (χ0) is 21.6. The van der Waals surface area contributed by atoms with Crippen molar-refractivity contribution in [2.75, 3.05) is 24.3 Å². The molecule has 11 heteroatoms. The van der Waals surface area contributed by atoms with Gasteiger partial charge in [-0.2, -0.15) is 9.97 Å². The van der Waals surface area contributed by atoms with Crippen molar-refractivity contribution in [3.63, 3.8) is 0 Å². The highest BCUT2D eigenvalue weighted by atomic mass is 32.2. The molecule has 0 saturated heterocycles. The second-order valence-electron chi connectivity index (χ2n) is 5.73. The van der Waals surface area contributed by atoms with E-state index in [2.05, 4.69) is 20.0 Å². The van der Waals surface area contributed by atoms with Crippen molar-refractivity contribution in [3.05, 3.63) is 66.8 Å². The number of ketones is 1. The highest BCUT2D eigenvalue weighted by Gasteiger charge is 2.16. The largest absolute Gasteiger partial charge is 0.481 e. The molecule has 0 atom stereocenters. The van der Waals surface area contributed by atoms with Crippen molar-refractivity contribution < 1.29 is 27.1 Å². The SMILES string of the molecule is COc1cc(NS(=O)(=O)c2ccc(N/C=C\C(=O)c3ccco3)cc2)nc(OC)n1. The molecule has 0 amide bonds. The lowest BCUT2D eigenvalue weighted by Crippen LogP contribution is -2.14. The van der Waals surface area contributed by atoms with Gasteiger partial charge in [0.15, 0.2) is 11.6 Å². The van der Waals surface area contributed by atoms with Crippen LogP contribution in [0.3, 0.4) is 0 Å². The zero-order valence-corrected chi connectivity index (χ0v) is 16.8. The minimum atomic E-state index is -3.91. The molecule has 0 radical (unpaired) electrons. The molecule has 3 aromatic rings. The quantitative estimate of drug-likeness (QED) is 0.388. The number of rotatable bonds is 9. The highest BCUT2D eigenvalue weighted by Crippen LogP contribution is 2.21. The summed E-state index contributed by atoms with van der Waals surface area (Å²) in [7, 11) is -1.16. The predicted molar refractivity (Wildman–Crippen MR) is 108 cm³/mol. The highest BCUT2D eigenvalue weighted by molar-refractivity contribution is 7.92. The molecule has 0 saturated carbocycles. The molecular formula is C19H18N4O6S. The van der Waals surface area contributed by atoms with Gasteiger partial charge in [-0.3, -0.25) is 9.52 Å². The third-order valence-electron chi connectivity index (χ3n) is 3.73. The lowest BCUT2D eigenvalue weighted by Gasteiger charge is -2.10. The number of sulfonamides is 1. The molecule has 0 fully saturated rings. The number of carbonyl (C=O) groups excluding carboxylic acids is 1. The summed E-state index contributed by atoms with van der Waals surface area (Å²) in [6.07, 6.45) is 4.16. The van der Waals surface area contributed by atoms with E-state index in [1.807, 2.05) is 0 Å². The summed E-state index contributed by atoms with van der Waals surface area (Å²) >= 11 is 0. The fraction of sp³-hybridized carbons (Fsp3) is 0.105. The van der Waals surface area contributed by atoms with Gasteiger partial charge >= 0.3 is 6.01 Å². The Kier molecular flexibility index (Phi) is 6.32. The number of benzene rings is 1. The monoisotopic (exact) mass is 430 g/mol. The van der Waals surface area contributed by atoms with E-state index < -0.39 is 10.0 Å². The van der Waals surface area contributed by atoms with Crippen LogP contribution in [0.25, 0.3) is 0 Å². The minimum absolute atomic E-state index is 0.000253. The second kappa shape index (κ2) is 9.09. The summed E-state index contributed by atoms with van der Waals surface area (Å²) in [5.74, 6) is 0.0698. The average Bonchev–Trinajstić information content (AvgIpc) is 3.28. The standard InChI is InChI=1S/C19H18N4O6S/c1-27-18-12-17(21-19(22-18)28-2)23-30(25,26)14-7-5-13(6-8-14)20-10-9-15(24)16-4-3-11-29-16/h3-12,20H,1-2H3,(H,21,22,23)/b10-9-. The van der Waals surface area contributed by atoms with Crippen molar-refractivity contribution in [2.45, 2.75) is 4.90 Å². The molecule has 0 aliphatic heterocycles. The Morgan fingerprint density at radius 3 is 2.50 bits per heavy atom. The first-order valence-electron chi connectivity index (χ1n) is 8.52. The molecule has 10 nitrogen and oxygen atoms in total. The molecule has 2 aromatic heterocycles.